The second-order valence-electron chi connectivity index (χ2n) is 7.55. The van der Waals surface area contributed by atoms with Crippen LogP contribution in [0.5, 0.6) is 11.5 Å². The molecule has 3 rings (SSSR count). The van der Waals surface area contributed by atoms with Crippen molar-refractivity contribution < 1.29 is 18.8 Å². The zero-order valence-electron chi connectivity index (χ0n) is 18.1. The molecule has 6 heteroatoms. The summed E-state index contributed by atoms with van der Waals surface area (Å²) in [5.41, 5.74) is 3.35. The minimum Gasteiger partial charge on any atom is -0.491 e. The Hall–Kier alpha value is -3.28. The monoisotopic (exact) mass is 408 g/mol. The van der Waals surface area contributed by atoms with Gasteiger partial charge in [0.15, 0.2) is 0 Å². The number of amides is 1. The Balaban J connectivity index is 1.56. The van der Waals surface area contributed by atoms with Crippen molar-refractivity contribution in [3.8, 4) is 11.5 Å². The number of rotatable bonds is 8. The highest BCUT2D eigenvalue weighted by molar-refractivity contribution is 5.94. The summed E-state index contributed by atoms with van der Waals surface area (Å²) in [5.74, 6) is 2.11. The molecule has 1 unspecified atom stereocenters. The lowest BCUT2D eigenvalue weighted by Crippen LogP contribution is -2.26. The number of carbonyl (C=O) groups is 1. The summed E-state index contributed by atoms with van der Waals surface area (Å²) >= 11 is 0. The van der Waals surface area contributed by atoms with Crippen LogP contribution >= 0.6 is 0 Å². The van der Waals surface area contributed by atoms with Gasteiger partial charge in [0.05, 0.1) is 23.4 Å². The van der Waals surface area contributed by atoms with E-state index in [1.54, 1.807) is 24.3 Å². The van der Waals surface area contributed by atoms with Crippen LogP contribution in [-0.4, -0.2) is 17.2 Å². The van der Waals surface area contributed by atoms with E-state index in [0.29, 0.717) is 17.9 Å². The van der Waals surface area contributed by atoms with Gasteiger partial charge in [-0.1, -0.05) is 17.3 Å². The number of aryl methyl sites for hydroxylation is 2. The molecule has 30 heavy (non-hydrogen) atoms. The largest absolute Gasteiger partial charge is 0.491 e. The summed E-state index contributed by atoms with van der Waals surface area (Å²) in [6, 6.07) is 14.7. The van der Waals surface area contributed by atoms with E-state index in [4.69, 9.17) is 14.0 Å². The van der Waals surface area contributed by atoms with Crippen molar-refractivity contribution in [3.63, 3.8) is 0 Å². The van der Waals surface area contributed by atoms with Crippen molar-refractivity contribution in [2.75, 3.05) is 0 Å². The molecule has 0 radical (unpaired) electrons. The maximum Gasteiger partial charge on any atom is 0.251 e. The third-order valence-corrected chi connectivity index (χ3v) is 4.78. The van der Waals surface area contributed by atoms with E-state index in [1.165, 1.54) is 0 Å². The lowest BCUT2D eigenvalue weighted by Gasteiger charge is -2.16. The van der Waals surface area contributed by atoms with Gasteiger partial charge in [-0.25, -0.2) is 0 Å². The van der Waals surface area contributed by atoms with Crippen molar-refractivity contribution in [3.05, 3.63) is 76.7 Å². The fraction of sp³-hybridized carbons (Fsp3) is 0.333. The molecule has 0 aliphatic carbocycles. The van der Waals surface area contributed by atoms with Crippen LogP contribution in [0.25, 0.3) is 0 Å². The predicted molar refractivity (Wildman–Crippen MR) is 115 cm³/mol. The Morgan fingerprint density at radius 1 is 1.00 bits per heavy atom. The second kappa shape index (κ2) is 9.48. The van der Waals surface area contributed by atoms with Gasteiger partial charge in [-0.15, -0.1) is 0 Å². The van der Waals surface area contributed by atoms with Gasteiger partial charge in [0, 0.05) is 5.56 Å². The van der Waals surface area contributed by atoms with E-state index in [1.807, 2.05) is 58.9 Å². The van der Waals surface area contributed by atoms with Gasteiger partial charge in [-0.3, -0.25) is 4.79 Å². The molecule has 0 saturated carbocycles. The summed E-state index contributed by atoms with van der Waals surface area (Å²) in [6.45, 7) is 10.1. The van der Waals surface area contributed by atoms with Crippen molar-refractivity contribution >= 4 is 5.91 Å². The summed E-state index contributed by atoms with van der Waals surface area (Å²) in [5, 5.41) is 6.94. The molecular formula is C24H28N2O4. The average Bonchev–Trinajstić information content (AvgIpc) is 3.04. The van der Waals surface area contributed by atoms with Crippen molar-refractivity contribution in [1.82, 2.24) is 10.5 Å². The normalized spacial score (nSPS) is 11.9. The highest BCUT2D eigenvalue weighted by Gasteiger charge is 2.13. The number of aromatic nitrogens is 1. The molecule has 0 aliphatic rings. The van der Waals surface area contributed by atoms with Crippen molar-refractivity contribution in [2.45, 2.75) is 53.4 Å². The Morgan fingerprint density at radius 2 is 1.63 bits per heavy atom. The van der Waals surface area contributed by atoms with Crippen LogP contribution in [0.2, 0.25) is 0 Å². The van der Waals surface area contributed by atoms with E-state index in [-0.39, 0.29) is 18.1 Å². The minimum atomic E-state index is -0.137. The molecule has 0 aliphatic heterocycles. The average molecular weight is 408 g/mol. The summed E-state index contributed by atoms with van der Waals surface area (Å²) in [6.07, 6.45) is 0.129. The molecule has 6 nitrogen and oxygen atoms in total. The molecule has 1 N–H and O–H groups in total. The number of benzene rings is 2. The molecular weight excluding hydrogens is 380 g/mol. The minimum absolute atomic E-state index is 0.124. The maximum absolute atomic E-state index is 12.6. The summed E-state index contributed by atoms with van der Waals surface area (Å²) < 4.78 is 16.6. The number of hydrogen-bond donors (Lipinski definition) is 1. The first-order valence-electron chi connectivity index (χ1n) is 10.1. The van der Waals surface area contributed by atoms with Crippen LogP contribution < -0.4 is 14.8 Å². The van der Waals surface area contributed by atoms with Gasteiger partial charge in [-0.05, 0) is 76.6 Å². The second-order valence-corrected chi connectivity index (χ2v) is 7.55. The van der Waals surface area contributed by atoms with E-state index in [9.17, 15) is 4.79 Å². The first kappa shape index (κ1) is 21.4. The molecule has 1 atom stereocenters. The fourth-order valence-corrected chi connectivity index (χ4v) is 3.04. The van der Waals surface area contributed by atoms with Gasteiger partial charge in [-0.2, -0.15) is 0 Å². The van der Waals surface area contributed by atoms with Gasteiger partial charge in [0.1, 0.15) is 23.9 Å². The van der Waals surface area contributed by atoms with Crippen LogP contribution in [0.4, 0.5) is 0 Å². The smallest absolute Gasteiger partial charge is 0.251 e. The summed E-state index contributed by atoms with van der Waals surface area (Å²) in [4.78, 5) is 12.6. The number of hydrogen-bond acceptors (Lipinski definition) is 5. The van der Waals surface area contributed by atoms with Gasteiger partial charge in [0.2, 0.25) is 0 Å². The maximum atomic E-state index is 12.6. The zero-order valence-corrected chi connectivity index (χ0v) is 18.1. The number of nitrogens with zero attached hydrogens (tertiary/aromatic N) is 1. The molecule has 158 valence electrons. The molecule has 0 bridgehead atoms. The standard InChI is InChI=1S/C24H28N2O4/c1-15(2)29-22-12-6-19(7-13-22)16(3)25-24(27)20-8-10-21(11-9-20)28-14-23-17(4)26-30-18(23)5/h6-13,15-16H,14H2,1-5H3,(H,25,27). The van der Waals surface area contributed by atoms with Crippen LogP contribution in [0.3, 0.4) is 0 Å². The van der Waals surface area contributed by atoms with Crippen LogP contribution in [0.1, 0.15) is 59.8 Å². The first-order valence-corrected chi connectivity index (χ1v) is 10.1. The first-order chi connectivity index (χ1) is 14.3. The zero-order chi connectivity index (χ0) is 21.7. The molecule has 1 amide bonds. The highest BCUT2D eigenvalue weighted by Crippen LogP contribution is 2.20. The molecule has 0 saturated heterocycles. The topological polar surface area (TPSA) is 73.6 Å². The van der Waals surface area contributed by atoms with Crippen LogP contribution in [0, 0.1) is 13.8 Å². The number of nitrogens with one attached hydrogen (secondary N) is 1. The van der Waals surface area contributed by atoms with Crippen LogP contribution in [0.15, 0.2) is 53.1 Å². The van der Waals surface area contributed by atoms with E-state index in [2.05, 4.69) is 10.5 Å². The Bertz CT molecular complexity index is 956. The quantitative estimate of drug-likeness (QED) is 0.558. The lowest BCUT2D eigenvalue weighted by molar-refractivity contribution is 0.0940. The molecule has 1 aromatic heterocycles. The number of carbonyl (C=O) groups excluding carboxylic acids is 1. The Kier molecular flexibility index (Phi) is 6.77. The Labute approximate surface area is 177 Å². The van der Waals surface area contributed by atoms with E-state index < -0.39 is 0 Å². The van der Waals surface area contributed by atoms with Crippen molar-refractivity contribution in [2.24, 2.45) is 0 Å². The molecule has 2 aromatic carbocycles. The van der Waals surface area contributed by atoms with E-state index >= 15 is 0 Å². The number of ether oxygens (including phenoxy) is 2. The van der Waals surface area contributed by atoms with Gasteiger partial charge >= 0.3 is 0 Å². The summed E-state index contributed by atoms with van der Waals surface area (Å²) in [7, 11) is 0. The Morgan fingerprint density at radius 3 is 2.20 bits per heavy atom. The highest BCUT2D eigenvalue weighted by atomic mass is 16.5. The lowest BCUT2D eigenvalue weighted by atomic mass is 10.1. The van der Waals surface area contributed by atoms with Gasteiger partial charge in [0.25, 0.3) is 5.91 Å². The predicted octanol–water partition coefficient (Wildman–Crippen LogP) is 5.15. The molecule has 0 fully saturated rings. The van der Waals surface area contributed by atoms with Crippen LogP contribution in [-0.2, 0) is 6.61 Å². The molecule has 0 spiro atoms. The third kappa shape index (κ3) is 5.41. The van der Waals surface area contributed by atoms with Crippen molar-refractivity contribution in [1.29, 1.82) is 0 Å². The fourth-order valence-electron chi connectivity index (χ4n) is 3.04. The van der Waals surface area contributed by atoms with Gasteiger partial charge < -0.3 is 19.3 Å². The third-order valence-electron chi connectivity index (χ3n) is 4.78. The SMILES string of the molecule is Cc1noc(C)c1COc1ccc(C(=O)NC(C)c2ccc(OC(C)C)cc2)cc1. The molecule has 1 heterocycles. The molecule has 3 aromatic rings. The van der Waals surface area contributed by atoms with E-state index in [0.717, 1.165) is 28.3 Å².